The Morgan fingerprint density at radius 1 is 0.300 bits per heavy atom. The van der Waals surface area contributed by atoms with E-state index in [4.69, 9.17) is 15.0 Å². The lowest BCUT2D eigenvalue weighted by molar-refractivity contribution is 1.07. The van der Waals surface area contributed by atoms with Gasteiger partial charge in [-0.1, -0.05) is 127 Å². The monoisotopic (exact) mass is 639 g/mol. The van der Waals surface area contributed by atoms with Gasteiger partial charge >= 0.3 is 0 Å². The summed E-state index contributed by atoms with van der Waals surface area (Å²) in [7, 11) is 0. The second-order valence-electron chi connectivity index (χ2n) is 12.5. The second kappa shape index (κ2) is 11.4. The molecule has 0 atom stereocenters. The third-order valence-corrected chi connectivity index (χ3v) is 9.58. The first-order valence-electron chi connectivity index (χ1n) is 16.8. The lowest BCUT2D eigenvalue weighted by Crippen LogP contribution is -2.01. The molecule has 0 saturated carbocycles. The molecule has 0 bridgehead atoms. The Labute approximate surface area is 288 Å². The molecule has 0 radical (unpaired) electrons. The van der Waals surface area contributed by atoms with E-state index in [1.165, 1.54) is 32.6 Å². The quantitative estimate of drug-likeness (QED) is 0.188. The van der Waals surface area contributed by atoms with Crippen LogP contribution in [0, 0.1) is 0 Å². The summed E-state index contributed by atoms with van der Waals surface area (Å²) in [6.45, 7) is 0. The highest BCUT2D eigenvalue weighted by molar-refractivity contribution is 6.15. The number of nitrogens with zero attached hydrogens (tertiary/aromatic N) is 5. The van der Waals surface area contributed by atoms with E-state index in [0.717, 1.165) is 39.1 Å². The molecule has 5 heteroatoms. The Morgan fingerprint density at radius 3 is 1.22 bits per heavy atom. The van der Waals surface area contributed by atoms with Crippen molar-refractivity contribution >= 4 is 43.6 Å². The van der Waals surface area contributed by atoms with Gasteiger partial charge in [0.1, 0.15) is 0 Å². The van der Waals surface area contributed by atoms with Crippen molar-refractivity contribution in [1.82, 2.24) is 24.1 Å². The van der Waals surface area contributed by atoms with E-state index in [0.29, 0.717) is 17.5 Å². The van der Waals surface area contributed by atoms with E-state index in [1.807, 2.05) is 60.7 Å². The van der Waals surface area contributed by atoms with Crippen molar-refractivity contribution in [2.24, 2.45) is 0 Å². The summed E-state index contributed by atoms with van der Waals surface area (Å²) >= 11 is 0. The van der Waals surface area contributed by atoms with Crippen molar-refractivity contribution in [3.8, 4) is 45.5 Å². The Bertz CT molecular complexity index is 2740. The van der Waals surface area contributed by atoms with E-state index >= 15 is 0 Å². The van der Waals surface area contributed by atoms with Gasteiger partial charge in [0.25, 0.3) is 0 Å². The fraction of sp³-hybridized carbons (Fsp3) is 0. The second-order valence-corrected chi connectivity index (χ2v) is 12.5. The van der Waals surface area contributed by atoms with Crippen molar-refractivity contribution in [1.29, 1.82) is 0 Å². The number of aromatic nitrogens is 5. The highest BCUT2D eigenvalue weighted by atomic mass is 15.1. The van der Waals surface area contributed by atoms with Gasteiger partial charge in [0.15, 0.2) is 17.5 Å². The molecular weight excluding hydrogens is 611 g/mol. The van der Waals surface area contributed by atoms with Crippen LogP contribution in [0.1, 0.15) is 0 Å². The normalized spacial score (nSPS) is 11.6. The highest BCUT2D eigenvalue weighted by Gasteiger charge is 2.20. The molecule has 0 unspecified atom stereocenters. The van der Waals surface area contributed by atoms with E-state index in [1.54, 1.807) is 0 Å². The van der Waals surface area contributed by atoms with Gasteiger partial charge in [0.2, 0.25) is 0 Å². The van der Waals surface area contributed by atoms with Crippen LogP contribution in [0.4, 0.5) is 0 Å². The summed E-state index contributed by atoms with van der Waals surface area (Å²) < 4.78 is 4.81. The van der Waals surface area contributed by atoms with Crippen molar-refractivity contribution in [2.75, 3.05) is 0 Å². The van der Waals surface area contributed by atoms with Gasteiger partial charge in [0, 0.05) is 43.9 Å². The lowest BCUT2D eigenvalue weighted by Gasteiger charge is -2.15. The number of fused-ring (bicyclic) bond motifs is 6. The predicted molar refractivity (Wildman–Crippen MR) is 205 cm³/mol. The molecule has 0 saturated heterocycles. The summed E-state index contributed by atoms with van der Waals surface area (Å²) in [4.78, 5) is 14.8. The Kier molecular flexibility index (Phi) is 6.42. The minimum atomic E-state index is 0.637. The van der Waals surface area contributed by atoms with Gasteiger partial charge in [-0.15, -0.1) is 0 Å². The van der Waals surface area contributed by atoms with Gasteiger partial charge in [-0.2, -0.15) is 0 Å². The van der Waals surface area contributed by atoms with Crippen LogP contribution >= 0.6 is 0 Å². The minimum absolute atomic E-state index is 0.637. The average molecular weight is 640 g/mol. The van der Waals surface area contributed by atoms with Crippen LogP contribution < -0.4 is 0 Å². The average Bonchev–Trinajstić information content (AvgIpc) is 3.72. The Balaban J connectivity index is 1.18. The van der Waals surface area contributed by atoms with Crippen LogP contribution in [0.15, 0.2) is 176 Å². The molecule has 0 N–H and O–H groups in total. The molecule has 0 aliphatic carbocycles. The van der Waals surface area contributed by atoms with Crippen molar-refractivity contribution in [3.63, 3.8) is 0 Å². The van der Waals surface area contributed by atoms with Crippen LogP contribution in [0.5, 0.6) is 0 Å². The lowest BCUT2D eigenvalue weighted by atomic mass is 10.1. The smallest absolute Gasteiger partial charge is 0.164 e. The molecule has 10 aromatic rings. The zero-order valence-corrected chi connectivity index (χ0v) is 27.0. The third-order valence-electron chi connectivity index (χ3n) is 9.58. The summed E-state index contributed by atoms with van der Waals surface area (Å²) in [5, 5.41) is 4.91. The predicted octanol–water partition coefficient (Wildman–Crippen LogP) is 11.1. The van der Waals surface area contributed by atoms with Crippen molar-refractivity contribution in [2.45, 2.75) is 0 Å². The van der Waals surface area contributed by atoms with Crippen molar-refractivity contribution < 1.29 is 0 Å². The number of rotatable bonds is 5. The molecule has 5 nitrogen and oxygen atoms in total. The van der Waals surface area contributed by atoms with Gasteiger partial charge in [-0.25, -0.2) is 15.0 Å². The molecule has 10 rings (SSSR count). The maximum absolute atomic E-state index is 4.97. The van der Waals surface area contributed by atoms with Crippen LogP contribution in [-0.4, -0.2) is 24.1 Å². The summed E-state index contributed by atoms with van der Waals surface area (Å²) in [5.74, 6) is 1.94. The van der Waals surface area contributed by atoms with E-state index in [9.17, 15) is 0 Å². The third kappa shape index (κ3) is 4.45. The number of hydrogen-bond donors (Lipinski definition) is 0. The van der Waals surface area contributed by atoms with E-state index in [2.05, 4.69) is 124 Å². The van der Waals surface area contributed by atoms with E-state index in [-0.39, 0.29) is 0 Å². The minimum Gasteiger partial charge on any atom is -0.307 e. The molecule has 0 amide bonds. The van der Waals surface area contributed by atoms with Gasteiger partial charge in [0.05, 0.1) is 27.8 Å². The largest absolute Gasteiger partial charge is 0.307 e. The first-order chi connectivity index (χ1) is 24.8. The Hall–Kier alpha value is -6.85. The topological polar surface area (TPSA) is 48.5 Å². The molecule has 50 heavy (non-hydrogen) atoms. The Morgan fingerprint density at radius 2 is 0.700 bits per heavy atom. The summed E-state index contributed by atoms with van der Waals surface area (Å²) in [6.07, 6.45) is 0. The molecule has 0 fully saturated rings. The fourth-order valence-electron chi connectivity index (χ4n) is 7.33. The van der Waals surface area contributed by atoms with Gasteiger partial charge < -0.3 is 9.13 Å². The number of para-hydroxylation sites is 4. The maximum atomic E-state index is 4.97. The van der Waals surface area contributed by atoms with Gasteiger partial charge in [-0.3, -0.25) is 0 Å². The summed E-state index contributed by atoms with van der Waals surface area (Å²) in [5.41, 5.74) is 9.71. The first-order valence-corrected chi connectivity index (χ1v) is 16.8. The molecule has 0 aliphatic rings. The zero-order valence-electron chi connectivity index (χ0n) is 27.0. The van der Waals surface area contributed by atoms with Crippen LogP contribution in [0.2, 0.25) is 0 Å². The number of hydrogen-bond acceptors (Lipinski definition) is 3. The molecule has 3 aromatic heterocycles. The van der Waals surface area contributed by atoms with Crippen molar-refractivity contribution in [3.05, 3.63) is 176 Å². The first kappa shape index (κ1) is 28.2. The molecule has 3 heterocycles. The zero-order chi connectivity index (χ0) is 33.0. The maximum Gasteiger partial charge on any atom is 0.164 e. The molecular formula is C45H29N5. The van der Waals surface area contributed by atoms with E-state index < -0.39 is 0 Å². The highest BCUT2D eigenvalue weighted by Crippen LogP contribution is 2.39. The van der Waals surface area contributed by atoms with Crippen LogP contribution in [0.25, 0.3) is 89.2 Å². The molecule has 0 aliphatic heterocycles. The standard InChI is InChI=1S/C45H29N5/c1-3-14-30(15-4-1)43-46-44(31-16-5-2-6-17-31)48-45(47-43)32-26-28-33(29-27-32)49-38-22-10-9-20-36(38)37-21-13-25-41(42(37)49)50-39-23-11-7-18-34(39)35-19-8-12-24-40(35)50/h1-29H. The van der Waals surface area contributed by atoms with Gasteiger partial charge in [-0.05, 0) is 48.5 Å². The number of benzene rings is 7. The van der Waals surface area contributed by atoms with Crippen LogP contribution in [-0.2, 0) is 0 Å². The SMILES string of the molecule is c1ccc(-c2nc(-c3ccccc3)nc(-c3ccc(-n4c5ccccc5c5cccc(-n6c7ccccc7c7ccccc76)c54)cc3)n2)cc1. The molecule has 234 valence electrons. The van der Waals surface area contributed by atoms with Crippen LogP contribution in [0.3, 0.4) is 0 Å². The fourth-order valence-corrected chi connectivity index (χ4v) is 7.33. The molecule has 7 aromatic carbocycles. The summed E-state index contributed by atoms with van der Waals surface area (Å²) in [6, 6.07) is 61.5. The molecule has 0 spiro atoms.